The van der Waals surface area contributed by atoms with Crippen LogP contribution in [0.4, 0.5) is 10.8 Å². The normalized spacial score (nSPS) is 30.6. The molecule has 0 saturated heterocycles. The molecule has 2 heterocycles. The number of pyridine rings is 1. The molecule has 8 heteroatoms. The Morgan fingerprint density at radius 1 is 1.45 bits per heavy atom. The topological polar surface area (TPSA) is 98.6 Å². The van der Waals surface area contributed by atoms with E-state index in [4.69, 9.17) is 11.4 Å². The molecule has 7 nitrogen and oxygen atoms in total. The Hall–Kier alpha value is -2.47. The first kappa shape index (κ1) is 23.7. The van der Waals surface area contributed by atoms with Gasteiger partial charge in [-0.05, 0) is 42.7 Å². The average Bonchev–Trinajstić information content (AvgIpc) is 3.20. The Kier molecular flexibility index (Phi) is 6.50. The van der Waals surface area contributed by atoms with Gasteiger partial charge in [-0.2, -0.15) is 0 Å². The average molecular weight is 469 g/mol. The zero-order chi connectivity index (χ0) is 23.8. The van der Waals surface area contributed by atoms with Crippen LogP contribution in [-0.4, -0.2) is 57.3 Å². The number of carbonyl (C=O) groups is 1. The van der Waals surface area contributed by atoms with Gasteiger partial charge in [-0.3, -0.25) is 9.78 Å². The highest BCUT2D eigenvalue weighted by atomic mass is 32.1. The highest BCUT2D eigenvalue weighted by molar-refractivity contribution is 7.15. The zero-order valence-electron chi connectivity index (χ0n) is 19.4. The maximum absolute atomic E-state index is 13.1. The highest BCUT2D eigenvalue weighted by Crippen LogP contribution is 2.63. The van der Waals surface area contributed by atoms with E-state index in [9.17, 15) is 15.0 Å². The van der Waals surface area contributed by atoms with Gasteiger partial charge in [0.2, 0.25) is 5.91 Å². The van der Waals surface area contributed by atoms with Crippen LogP contribution in [0.3, 0.4) is 0 Å². The largest absolute Gasteiger partial charge is 0.396 e. The highest BCUT2D eigenvalue weighted by Gasteiger charge is 2.59. The molecule has 4 rings (SSSR count). The number of aromatic nitrogens is 2. The van der Waals surface area contributed by atoms with Gasteiger partial charge in [0, 0.05) is 35.9 Å². The van der Waals surface area contributed by atoms with Gasteiger partial charge < -0.3 is 20.4 Å². The third-order valence-corrected chi connectivity index (χ3v) is 8.95. The van der Waals surface area contributed by atoms with Crippen LogP contribution in [0.2, 0.25) is 0 Å². The van der Waals surface area contributed by atoms with E-state index in [1.165, 1.54) is 0 Å². The van der Waals surface area contributed by atoms with E-state index < -0.39 is 11.5 Å². The summed E-state index contributed by atoms with van der Waals surface area (Å²) in [6.07, 6.45) is 10.7. The summed E-state index contributed by atoms with van der Waals surface area (Å²) in [5.41, 5.74) is 0.877. The van der Waals surface area contributed by atoms with Crippen LogP contribution in [0.25, 0.3) is 0 Å². The number of thiazole rings is 1. The molecule has 5 atom stereocenters. The van der Waals surface area contributed by atoms with Crippen molar-refractivity contribution in [1.82, 2.24) is 14.9 Å². The van der Waals surface area contributed by atoms with Gasteiger partial charge in [0.15, 0.2) is 5.13 Å². The molecule has 0 aromatic carbocycles. The molecular formula is C25H32N4O3S. The molecule has 5 unspecified atom stereocenters. The zero-order valence-corrected chi connectivity index (χ0v) is 20.2. The summed E-state index contributed by atoms with van der Waals surface area (Å²) < 4.78 is 0. The number of hydrogen-bond donors (Lipinski definition) is 3. The van der Waals surface area contributed by atoms with Gasteiger partial charge in [-0.15, -0.1) is 17.8 Å². The van der Waals surface area contributed by atoms with Crippen molar-refractivity contribution in [3.8, 4) is 12.3 Å². The quantitative estimate of drug-likeness (QED) is 0.564. The third-order valence-electron chi connectivity index (χ3n) is 7.94. The molecule has 2 aliphatic carbocycles. The van der Waals surface area contributed by atoms with Crippen molar-refractivity contribution in [1.29, 1.82) is 0 Å². The number of nitrogens with one attached hydrogen (secondary N) is 1. The summed E-state index contributed by atoms with van der Waals surface area (Å²) >= 11 is 1.58. The van der Waals surface area contributed by atoms with Gasteiger partial charge in [-0.1, -0.05) is 19.8 Å². The molecule has 0 bridgehead atoms. The standard InChI is InChI=1S/C25H32N4O3S/c1-5-11-29(4)21(32)12-17-22-18(33-23(28-22)27-16-7-6-10-26-14-16)13-19-24(17,2)9-8-20(31)25(19,3)15-30/h1,6-7,10,14,17,19-20,30-31H,8-9,11-13,15H2,2-4H3,(H,27,28). The van der Waals surface area contributed by atoms with Gasteiger partial charge >= 0.3 is 0 Å². The molecule has 2 aromatic rings. The van der Waals surface area contributed by atoms with E-state index in [0.29, 0.717) is 12.8 Å². The van der Waals surface area contributed by atoms with E-state index in [2.05, 4.69) is 23.1 Å². The Bertz CT molecular complexity index is 1050. The van der Waals surface area contributed by atoms with Crippen LogP contribution < -0.4 is 5.32 Å². The second kappa shape index (κ2) is 9.05. The molecule has 33 heavy (non-hydrogen) atoms. The summed E-state index contributed by atoms with van der Waals surface area (Å²) in [5, 5.41) is 25.3. The van der Waals surface area contributed by atoms with Gasteiger partial charge in [0.1, 0.15) is 0 Å². The van der Waals surface area contributed by atoms with Crippen LogP contribution in [0, 0.1) is 29.1 Å². The van der Waals surface area contributed by atoms with Crippen molar-refractivity contribution >= 4 is 28.1 Å². The minimum absolute atomic E-state index is 0.0163. The molecule has 2 aromatic heterocycles. The molecule has 0 aliphatic heterocycles. The summed E-state index contributed by atoms with van der Waals surface area (Å²) in [4.78, 5) is 24.9. The number of aliphatic hydroxyl groups excluding tert-OH is 2. The molecule has 3 N–H and O–H groups in total. The van der Waals surface area contributed by atoms with Crippen LogP contribution in [0.15, 0.2) is 24.5 Å². The summed E-state index contributed by atoms with van der Waals surface area (Å²) in [5.74, 6) is 2.42. The lowest BCUT2D eigenvalue weighted by atomic mass is 9.47. The van der Waals surface area contributed by atoms with Crippen LogP contribution in [0.5, 0.6) is 0 Å². The minimum atomic E-state index is -0.641. The first-order valence-electron chi connectivity index (χ1n) is 11.4. The maximum Gasteiger partial charge on any atom is 0.223 e. The molecule has 2 aliphatic rings. The Morgan fingerprint density at radius 2 is 2.24 bits per heavy atom. The van der Waals surface area contributed by atoms with Crippen molar-refractivity contribution < 1.29 is 15.0 Å². The second-order valence-corrected chi connectivity index (χ2v) is 11.0. The van der Waals surface area contributed by atoms with Gasteiger partial charge in [-0.25, -0.2) is 4.98 Å². The van der Waals surface area contributed by atoms with E-state index >= 15 is 0 Å². The number of hydrogen-bond acceptors (Lipinski definition) is 7. The first-order valence-corrected chi connectivity index (χ1v) is 12.2. The fraction of sp³-hybridized carbons (Fsp3) is 0.560. The number of fused-ring (bicyclic) bond motifs is 2. The van der Waals surface area contributed by atoms with Crippen LogP contribution in [0.1, 0.15) is 49.6 Å². The van der Waals surface area contributed by atoms with Crippen molar-refractivity contribution in [2.75, 3.05) is 25.5 Å². The lowest BCUT2D eigenvalue weighted by Crippen LogP contribution is -2.57. The van der Waals surface area contributed by atoms with E-state index in [-0.39, 0.29) is 36.3 Å². The molecule has 1 amide bonds. The number of terminal acetylenes is 1. The number of rotatable bonds is 6. The minimum Gasteiger partial charge on any atom is -0.396 e. The monoisotopic (exact) mass is 468 g/mol. The van der Waals surface area contributed by atoms with Crippen LogP contribution in [-0.2, 0) is 11.2 Å². The van der Waals surface area contributed by atoms with Gasteiger partial charge in [0.25, 0.3) is 0 Å². The maximum atomic E-state index is 13.1. The summed E-state index contributed by atoms with van der Waals surface area (Å²) in [6.45, 7) is 4.34. The SMILES string of the molecule is C#CCN(C)C(=O)CC1c2nc(Nc3cccnc3)sc2CC2C(C)(CO)C(O)CCC12C. The summed E-state index contributed by atoms with van der Waals surface area (Å²) in [7, 11) is 1.73. The lowest BCUT2D eigenvalue weighted by molar-refractivity contribution is -0.146. The lowest BCUT2D eigenvalue weighted by Gasteiger charge is -2.58. The molecule has 0 radical (unpaired) electrons. The Balaban J connectivity index is 1.75. The first-order chi connectivity index (χ1) is 15.7. The van der Waals surface area contributed by atoms with Crippen molar-refractivity contribution in [2.24, 2.45) is 16.7 Å². The van der Waals surface area contributed by atoms with E-state index in [1.807, 2.05) is 19.1 Å². The predicted molar refractivity (Wildman–Crippen MR) is 129 cm³/mol. The van der Waals surface area contributed by atoms with Crippen molar-refractivity contribution in [3.05, 3.63) is 35.1 Å². The smallest absolute Gasteiger partial charge is 0.223 e. The second-order valence-electron chi connectivity index (χ2n) is 9.89. The van der Waals surface area contributed by atoms with Gasteiger partial charge in [0.05, 0.1) is 36.8 Å². The van der Waals surface area contributed by atoms with Crippen molar-refractivity contribution in [3.63, 3.8) is 0 Å². The Labute approximate surface area is 199 Å². The van der Waals surface area contributed by atoms with E-state index in [1.54, 1.807) is 35.7 Å². The number of nitrogens with zero attached hydrogens (tertiary/aromatic N) is 3. The Morgan fingerprint density at radius 3 is 2.91 bits per heavy atom. The summed E-state index contributed by atoms with van der Waals surface area (Å²) in [6, 6.07) is 3.80. The predicted octanol–water partition coefficient (Wildman–Crippen LogP) is 3.18. The number of anilines is 2. The molecule has 1 saturated carbocycles. The fourth-order valence-corrected chi connectivity index (χ4v) is 6.90. The molecule has 176 valence electrons. The third kappa shape index (κ3) is 4.14. The number of amides is 1. The fourth-order valence-electron chi connectivity index (χ4n) is 5.81. The van der Waals surface area contributed by atoms with E-state index in [0.717, 1.165) is 34.2 Å². The molecular weight excluding hydrogens is 436 g/mol. The number of aliphatic hydroxyl groups is 2. The molecule has 1 fully saturated rings. The van der Waals surface area contributed by atoms with Crippen molar-refractivity contribution in [2.45, 2.75) is 51.6 Å². The molecule has 0 spiro atoms. The number of carbonyl (C=O) groups excluding carboxylic acids is 1. The van der Waals surface area contributed by atoms with Crippen LogP contribution >= 0.6 is 11.3 Å².